The molecule has 2 heterocycles. The summed E-state index contributed by atoms with van der Waals surface area (Å²) in [6.45, 7) is 0. The number of hydrogen-bond acceptors (Lipinski definition) is 3. The number of rotatable bonds is 2. The van der Waals surface area contributed by atoms with Crippen LogP contribution in [-0.4, -0.2) is 5.78 Å². The van der Waals surface area contributed by atoms with E-state index >= 15 is 0 Å². The van der Waals surface area contributed by atoms with Crippen molar-refractivity contribution in [1.29, 1.82) is 0 Å². The van der Waals surface area contributed by atoms with E-state index in [4.69, 9.17) is 16.0 Å². The van der Waals surface area contributed by atoms with Gasteiger partial charge in [-0.05, 0) is 49.4 Å². The summed E-state index contributed by atoms with van der Waals surface area (Å²) in [5.74, 6) is 0.332. The standard InChI is InChI=1S/C17H13ClO2S/c18-12-6-3-5-11-8-13(20-17(11)12)16(19)15-9-10-4-1-2-7-14(10)21-15/h3,5-6,8-9H,1-2,4,7H2. The number of thiophene rings is 1. The van der Waals surface area contributed by atoms with E-state index in [1.807, 2.05) is 18.2 Å². The van der Waals surface area contributed by atoms with E-state index < -0.39 is 0 Å². The topological polar surface area (TPSA) is 30.2 Å². The summed E-state index contributed by atoms with van der Waals surface area (Å²) in [7, 11) is 0. The molecule has 0 fully saturated rings. The third-order valence-corrected chi connectivity index (χ3v) is 5.47. The summed E-state index contributed by atoms with van der Waals surface area (Å²) >= 11 is 7.71. The van der Waals surface area contributed by atoms with Crippen LogP contribution in [0.1, 0.15) is 38.7 Å². The normalized spacial score (nSPS) is 14.3. The van der Waals surface area contributed by atoms with Crippen LogP contribution in [0.15, 0.2) is 34.7 Å². The maximum Gasteiger partial charge on any atom is 0.238 e. The number of fused-ring (bicyclic) bond motifs is 2. The minimum atomic E-state index is -0.0401. The van der Waals surface area contributed by atoms with Crippen molar-refractivity contribution < 1.29 is 9.21 Å². The molecule has 2 nitrogen and oxygen atoms in total. The highest BCUT2D eigenvalue weighted by atomic mass is 35.5. The zero-order valence-corrected chi connectivity index (χ0v) is 12.9. The van der Waals surface area contributed by atoms with Crippen LogP contribution in [0.3, 0.4) is 0 Å². The molecule has 0 unspecified atom stereocenters. The number of furan rings is 1. The van der Waals surface area contributed by atoms with E-state index in [9.17, 15) is 4.79 Å². The quantitative estimate of drug-likeness (QED) is 0.604. The Hall–Kier alpha value is -1.58. The molecule has 1 aliphatic rings. The minimum absolute atomic E-state index is 0.0401. The Kier molecular flexibility index (Phi) is 3.12. The Morgan fingerprint density at radius 3 is 2.86 bits per heavy atom. The molecule has 1 aromatic carbocycles. The first-order valence-corrected chi connectivity index (χ1v) is 8.26. The summed E-state index contributed by atoms with van der Waals surface area (Å²) in [6.07, 6.45) is 4.63. The van der Waals surface area contributed by atoms with E-state index in [0.29, 0.717) is 16.4 Å². The van der Waals surface area contributed by atoms with Crippen molar-refractivity contribution in [2.75, 3.05) is 0 Å². The molecule has 0 saturated carbocycles. The molecule has 4 rings (SSSR count). The molecule has 1 aliphatic carbocycles. The highest BCUT2D eigenvalue weighted by Gasteiger charge is 2.21. The van der Waals surface area contributed by atoms with Crippen molar-refractivity contribution in [2.45, 2.75) is 25.7 Å². The fourth-order valence-corrected chi connectivity index (χ4v) is 4.28. The van der Waals surface area contributed by atoms with Crippen molar-refractivity contribution in [3.63, 3.8) is 0 Å². The first kappa shape index (κ1) is 13.1. The lowest BCUT2D eigenvalue weighted by Crippen LogP contribution is -1.97. The van der Waals surface area contributed by atoms with Gasteiger partial charge < -0.3 is 4.42 Å². The van der Waals surface area contributed by atoms with Crippen molar-refractivity contribution in [3.8, 4) is 0 Å². The molecule has 0 radical (unpaired) electrons. The molecule has 0 spiro atoms. The van der Waals surface area contributed by atoms with Gasteiger partial charge in [0, 0.05) is 10.3 Å². The summed E-state index contributed by atoms with van der Waals surface area (Å²) in [4.78, 5) is 14.8. The largest absolute Gasteiger partial charge is 0.451 e. The van der Waals surface area contributed by atoms with E-state index in [1.165, 1.54) is 23.3 Å². The zero-order chi connectivity index (χ0) is 14.4. The molecular formula is C17H13ClO2S. The number of para-hydroxylation sites is 1. The Morgan fingerprint density at radius 1 is 1.19 bits per heavy atom. The fraction of sp³-hybridized carbons (Fsp3) is 0.235. The Balaban J connectivity index is 1.75. The van der Waals surface area contributed by atoms with Crippen LogP contribution in [0.4, 0.5) is 0 Å². The van der Waals surface area contributed by atoms with Gasteiger partial charge in [0.1, 0.15) is 0 Å². The minimum Gasteiger partial charge on any atom is -0.451 e. The van der Waals surface area contributed by atoms with Crippen molar-refractivity contribution >= 4 is 39.7 Å². The molecule has 21 heavy (non-hydrogen) atoms. The van der Waals surface area contributed by atoms with Gasteiger partial charge in [0.15, 0.2) is 11.3 Å². The molecule has 0 amide bonds. The van der Waals surface area contributed by atoms with Crippen molar-refractivity contribution in [3.05, 3.63) is 56.4 Å². The summed E-state index contributed by atoms with van der Waals surface area (Å²) < 4.78 is 5.67. The molecule has 106 valence electrons. The highest BCUT2D eigenvalue weighted by molar-refractivity contribution is 7.14. The van der Waals surface area contributed by atoms with Crippen LogP contribution in [0.2, 0.25) is 5.02 Å². The first-order chi connectivity index (χ1) is 10.2. The molecule has 0 aliphatic heterocycles. The third-order valence-electron chi connectivity index (χ3n) is 3.94. The summed E-state index contributed by atoms with van der Waals surface area (Å²) in [6, 6.07) is 9.35. The Bertz CT molecular complexity index is 820. The van der Waals surface area contributed by atoms with Gasteiger partial charge >= 0.3 is 0 Å². The molecule has 0 atom stereocenters. The summed E-state index contributed by atoms with van der Waals surface area (Å²) in [5, 5.41) is 1.41. The van der Waals surface area contributed by atoms with Gasteiger partial charge in [-0.15, -0.1) is 11.3 Å². The Labute approximate surface area is 131 Å². The average molecular weight is 317 g/mol. The molecule has 0 N–H and O–H groups in total. The second-order valence-electron chi connectivity index (χ2n) is 5.36. The summed E-state index contributed by atoms with van der Waals surface area (Å²) in [5.41, 5.74) is 1.92. The van der Waals surface area contributed by atoms with Crippen LogP contribution in [0, 0.1) is 0 Å². The van der Waals surface area contributed by atoms with Crippen LogP contribution in [0.5, 0.6) is 0 Å². The Morgan fingerprint density at radius 2 is 2.05 bits per heavy atom. The van der Waals surface area contributed by atoms with E-state index in [1.54, 1.807) is 23.5 Å². The highest BCUT2D eigenvalue weighted by Crippen LogP contribution is 2.33. The predicted molar refractivity (Wildman–Crippen MR) is 85.6 cm³/mol. The van der Waals surface area contributed by atoms with Crippen LogP contribution < -0.4 is 0 Å². The monoisotopic (exact) mass is 316 g/mol. The second kappa shape index (κ2) is 5.00. The number of ketones is 1. The van der Waals surface area contributed by atoms with E-state index in [-0.39, 0.29) is 5.78 Å². The number of halogens is 1. The average Bonchev–Trinajstić information content (AvgIpc) is 3.11. The van der Waals surface area contributed by atoms with Crippen molar-refractivity contribution in [2.24, 2.45) is 0 Å². The smallest absolute Gasteiger partial charge is 0.238 e. The fourth-order valence-electron chi connectivity index (χ4n) is 2.86. The lowest BCUT2D eigenvalue weighted by atomic mass is 9.99. The first-order valence-electron chi connectivity index (χ1n) is 7.07. The van der Waals surface area contributed by atoms with Gasteiger partial charge in [0.25, 0.3) is 0 Å². The molecule has 4 heteroatoms. The third kappa shape index (κ3) is 2.21. The van der Waals surface area contributed by atoms with E-state index in [2.05, 4.69) is 0 Å². The lowest BCUT2D eigenvalue weighted by molar-refractivity contribution is 0.101. The lowest BCUT2D eigenvalue weighted by Gasteiger charge is -2.08. The van der Waals surface area contributed by atoms with Crippen LogP contribution in [0.25, 0.3) is 11.0 Å². The maximum atomic E-state index is 12.6. The predicted octanol–water partition coefficient (Wildman–Crippen LogP) is 5.26. The molecule has 3 aromatic rings. The van der Waals surface area contributed by atoms with Gasteiger partial charge in [-0.2, -0.15) is 0 Å². The van der Waals surface area contributed by atoms with Gasteiger partial charge in [-0.25, -0.2) is 0 Å². The molecular weight excluding hydrogens is 304 g/mol. The number of benzene rings is 1. The zero-order valence-electron chi connectivity index (χ0n) is 11.3. The molecule has 0 saturated heterocycles. The maximum absolute atomic E-state index is 12.6. The number of carbonyl (C=O) groups is 1. The number of carbonyl (C=O) groups excluding carboxylic acids is 1. The van der Waals surface area contributed by atoms with Gasteiger partial charge in [-0.1, -0.05) is 23.7 Å². The number of hydrogen-bond donors (Lipinski definition) is 0. The van der Waals surface area contributed by atoms with Gasteiger partial charge in [0.05, 0.1) is 9.90 Å². The van der Waals surface area contributed by atoms with Crippen LogP contribution >= 0.6 is 22.9 Å². The molecule has 2 aromatic heterocycles. The SMILES string of the molecule is O=C(c1cc2cccc(Cl)c2o1)c1cc2c(s1)CCCC2. The van der Waals surface area contributed by atoms with Gasteiger partial charge in [0.2, 0.25) is 5.78 Å². The second-order valence-corrected chi connectivity index (χ2v) is 6.91. The van der Waals surface area contributed by atoms with Gasteiger partial charge in [-0.3, -0.25) is 4.79 Å². The van der Waals surface area contributed by atoms with Crippen LogP contribution in [-0.2, 0) is 12.8 Å². The molecule has 0 bridgehead atoms. The van der Waals surface area contributed by atoms with Crippen molar-refractivity contribution in [1.82, 2.24) is 0 Å². The van der Waals surface area contributed by atoms with E-state index in [0.717, 1.165) is 23.1 Å². The number of aryl methyl sites for hydroxylation is 2.